The number of rotatable bonds is 4. The van der Waals surface area contributed by atoms with Crippen LogP contribution < -0.4 is 5.63 Å². The van der Waals surface area contributed by atoms with Crippen LogP contribution in [0.4, 0.5) is 4.39 Å². The lowest BCUT2D eigenvalue weighted by molar-refractivity contribution is -0.138. The molecule has 6 heteroatoms. The van der Waals surface area contributed by atoms with Crippen LogP contribution in [0.3, 0.4) is 0 Å². The van der Waals surface area contributed by atoms with Crippen LogP contribution in [0.2, 0.25) is 5.02 Å². The van der Waals surface area contributed by atoms with Gasteiger partial charge in [-0.25, -0.2) is 14.0 Å². The minimum Gasteiger partial charge on any atom is -0.458 e. The lowest BCUT2D eigenvalue weighted by Crippen LogP contribution is -2.06. The number of fused-ring (bicyclic) bond motifs is 1. The van der Waals surface area contributed by atoms with Crippen LogP contribution in [0.15, 0.2) is 57.8 Å². The van der Waals surface area contributed by atoms with E-state index < -0.39 is 17.4 Å². The SMILES string of the molecule is Cc1cc2oc(=O)cc(COC(=O)/C=C/c3ccccc3F)c2cc1Cl. The van der Waals surface area contributed by atoms with E-state index in [1.54, 1.807) is 37.3 Å². The average molecular weight is 373 g/mol. The van der Waals surface area contributed by atoms with Crippen molar-refractivity contribution in [1.29, 1.82) is 0 Å². The molecule has 0 aliphatic carbocycles. The summed E-state index contributed by atoms with van der Waals surface area (Å²) in [6.07, 6.45) is 2.46. The Labute approximate surface area is 153 Å². The third-order valence-corrected chi connectivity index (χ3v) is 4.19. The number of esters is 1. The van der Waals surface area contributed by atoms with E-state index in [4.69, 9.17) is 20.8 Å². The number of ether oxygens (including phenoxy) is 1. The fourth-order valence-electron chi connectivity index (χ4n) is 2.43. The Bertz CT molecular complexity index is 1070. The number of benzene rings is 2. The van der Waals surface area contributed by atoms with Gasteiger partial charge >= 0.3 is 11.6 Å². The van der Waals surface area contributed by atoms with Crippen molar-refractivity contribution >= 4 is 34.6 Å². The molecule has 1 heterocycles. The van der Waals surface area contributed by atoms with Gasteiger partial charge in [-0.3, -0.25) is 0 Å². The van der Waals surface area contributed by atoms with Crippen molar-refractivity contribution in [3.8, 4) is 0 Å². The topological polar surface area (TPSA) is 56.5 Å². The van der Waals surface area contributed by atoms with Gasteiger partial charge in [-0.05, 0) is 36.8 Å². The van der Waals surface area contributed by atoms with E-state index >= 15 is 0 Å². The first-order valence-electron chi connectivity index (χ1n) is 7.76. The Balaban J connectivity index is 1.79. The Morgan fingerprint density at radius 3 is 2.81 bits per heavy atom. The van der Waals surface area contributed by atoms with Crippen molar-refractivity contribution in [2.24, 2.45) is 0 Å². The van der Waals surface area contributed by atoms with Crippen LogP contribution in [-0.2, 0) is 16.1 Å². The monoisotopic (exact) mass is 372 g/mol. The molecule has 0 saturated carbocycles. The zero-order valence-electron chi connectivity index (χ0n) is 13.8. The van der Waals surface area contributed by atoms with Gasteiger partial charge in [0.15, 0.2) is 0 Å². The van der Waals surface area contributed by atoms with Gasteiger partial charge in [-0.15, -0.1) is 0 Å². The van der Waals surface area contributed by atoms with Gasteiger partial charge in [-0.2, -0.15) is 0 Å². The average Bonchev–Trinajstić information content (AvgIpc) is 2.60. The van der Waals surface area contributed by atoms with Crippen molar-refractivity contribution in [3.05, 3.63) is 86.5 Å². The standard InChI is InChI=1S/C20H14ClFO4/c1-12-8-18-15(10-16(12)21)14(9-20(24)26-18)11-25-19(23)7-6-13-4-2-3-5-17(13)22/h2-10H,11H2,1H3/b7-6+. The van der Waals surface area contributed by atoms with E-state index in [1.165, 1.54) is 18.2 Å². The molecule has 0 atom stereocenters. The summed E-state index contributed by atoms with van der Waals surface area (Å²) in [4.78, 5) is 23.6. The van der Waals surface area contributed by atoms with Gasteiger partial charge in [0, 0.05) is 33.7 Å². The Morgan fingerprint density at radius 1 is 1.27 bits per heavy atom. The second-order valence-corrected chi connectivity index (χ2v) is 6.06. The second-order valence-electron chi connectivity index (χ2n) is 5.65. The Kier molecular flexibility index (Phi) is 5.19. The molecule has 0 aliphatic rings. The number of carbonyl (C=O) groups is 1. The predicted octanol–water partition coefficient (Wildman–Crippen LogP) is 4.65. The van der Waals surface area contributed by atoms with E-state index in [-0.39, 0.29) is 12.2 Å². The number of halogens is 2. The Hall–Kier alpha value is -2.92. The zero-order valence-corrected chi connectivity index (χ0v) is 14.5. The molecule has 0 spiro atoms. The third kappa shape index (κ3) is 4.00. The minimum atomic E-state index is -0.659. The maximum atomic E-state index is 13.5. The van der Waals surface area contributed by atoms with Gasteiger partial charge < -0.3 is 9.15 Å². The highest BCUT2D eigenvalue weighted by Crippen LogP contribution is 2.25. The van der Waals surface area contributed by atoms with E-state index in [1.807, 2.05) is 0 Å². The van der Waals surface area contributed by atoms with Crippen molar-refractivity contribution in [2.75, 3.05) is 0 Å². The maximum absolute atomic E-state index is 13.5. The quantitative estimate of drug-likeness (QED) is 0.380. The largest absolute Gasteiger partial charge is 0.458 e. The van der Waals surface area contributed by atoms with Crippen molar-refractivity contribution in [1.82, 2.24) is 0 Å². The highest BCUT2D eigenvalue weighted by Gasteiger charge is 2.10. The first-order valence-corrected chi connectivity index (χ1v) is 8.14. The van der Waals surface area contributed by atoms with E-state index in [2.05, 4.69) is 0 Å². The molecule has 0 aliphatic heterocycles. The zero-order chi connectivity index (χ0) is 18.7. The van der Waals surface area contributed by atoms with Crippen molar-refractivity contribution in [3.63, 3.8) is 0 Å². The Morgan fingerprint density at radius 2 is 2.04 bits per heavy atom. The fourth-order valence-corrected chi connectivity index (χ4v) is 2.60. The third-order valence-electron chi connectivity index (χ3n) is 3.78. The van der Waals surface area contributed by atoms with E-state index in [9.17, 15) is 14.0 Å². The van der Waals surface area contributed by atoms with E-state index in [0.29, 0.717) is 21.6 Å². The molecular weight excluding hydrogens is 359 g/mol. The molecule has 1 aromatic heterocycles. The van der Waals surface area contributed by atoms with Crippen LogP contribution in [0.5, 0.6) is 0 Å². The first-order chi connectivity index (χ1) is 12.4. The molecule has 0 saturated heterocycles. The van der Waals surface area contributed by atoms with Gasteiger partial charge in [0.1, 0.15) is 18.0 Å². The van der Waals surface area contributed by atoms with Gasteiger partial charge in [0.25, 0.3) is 0 Å². The first kappa shape index (κ1) is 17.9. The molecule has 0 amide bonds. The summed E-state index contributed by atoms with van der Waals surface area (Å²) in [5.41, 5.74) is 1.34. The summed E-state index contributed by atoms with van der Waals surface area (Å²) in [6, 6.07) is 10.6. The minimum absolute atomic E-state index is 0.137. The van der Waals surface area contributed by atoms with Crippen LogP contribution in [-0.4, -0.2) is 5.97 Å². The summed E-state index contributed by atoms with van der Waals surface area (Å²) < 4.78 is 23.8. The lowest BCUT2D eigenvalue weighted by Gasteiger charge is -2.07. The second kappa shape index (κ2) is 7.54. The summed E-state index contributed by atoms with van der Waals surface area (Å²) >= 11 is 6.12. The molecule has 3 aromatic rings. The molecule has 132 valence electrons. The number of hydrogen-bond donors (Lipinski definition) is 0. The van der Waals surface area contributed by atoms with Crippen molar-refractivity contribution in [2.45, 2.75) is 13.5 Å². The van der Waals surface area contributed by atoms with Gasteiger partial charge in [0.05, 0.1) is 0 Å². The van der Waals surface area contributed by atoms with Crippen LogP contribution >= 0.6 is 11.6 Å². The predicted molar refractivity (Wildman–Crippen MR) is 97.5 cm³/mol. The van der Waals surface area contributed by atoms with Gasteiger partial charge in [0.2, 0.25) is 0 Å². The van der Waals surface area contributed by atoms with Crippen molar-refractivity contribution < 1.29 is 18.3 Å². The van der Waals surface area contributed by atoms with Crippen LogP contribution in [0.25, 0.3) is 17.0 Å². The summed E-state index contributed by atoms with van der Waals surface area (Å²) in [5, 5.41) is 1.10. The molecular formula is C20H14ClFO4. The highest BCUT2D eigenvalue weighted by molar-refractivity contribution is 6.32. The molecule has 26 heavy (non-hydrogen) atoms. The lowest BCUT2D eigenvalue weighted by atomic mass is 10.1. The summed E-state index contributed by atoms with van der Waals surface area (Å²) in [6.45, 7) is 1.66. The van der Waals surface area contributed by atoms with Gasteiger partial charge in [-0.1, -0.05) is 29.8 Å². The normalized spacial score (nSPS) is 11.2. The maximum Gasteiger partial charge on any atom is 0.336 e. The fraction of sp³-hybridized carbons (Fsp3) is 0.100. The number of aryl methyl sites for hydroxylation is 1. The molecule has 0 unspecified atom stereocenters. The molecule has 4 nitrogen and oxygen atoms in total. The molecule has 3 rings (SSSR count). The summed E-state index contributed by atoms with van der Waals surface area (Å²) in [7, 11) is 0. The molecule has 0 radical (unpaired) electrons. The summed E-state index contributed by atoms with van der Waals surface area (Å²) in [5.74, 6) is -1.10. The molecule has 0 fully saturated rings. The molecule has 0 N–H and O–H groups in total. The molecule has 2 aromatic carbocycles. The molecule has 0 bridgehead atoms. The smallest absolute Gasteiger partial charge is 0.336 e. The van der Waals surface area contributed by atoms with Crippen LogP contribution in [0, 0.1) is 12.7 Å². The highest BCUT2D eigenvalue weighted by atomic mass is 35.5. The number of carbonyl (C=O) groups excluding carboxylic acids is 1. The van der Waals surface area contributed by atoms with E-state index in [0.717, 1.165) is 11.6 Å². The van der Waals surface area contributed by atoms with Crippen LogP contribution in [0.1, 0.15) is 16.7 Å². The number of hydrogen-bond acceptors (Lipinski definition) is 4.